The van der Waals surface area contributed by atoms with Gasteiger partial charge in [-0.2, -0.15) is 0 Å². The number of sulfonamides is 1. The highest BCUT2D eigenvalue weighted by Crippen LogP contribution is 2.23. The number of morpholine rings is 1. The van der Waals surface area contributed by atoms with E-state index in [1.807, 2.05) is 29.9 Å². The largest absolute Gasteiger partial charge is 0.379 e. The van der Waals surface area contributed by atoms with E-state index in [1.54, 1.807) is 6.92 Å². The lowest BCUT2D eigenvalue weighted by atomic mass is 10.1. The van der Waals surface area contributed by atoms with Gasteiger partial charge in [0.2, 0.25) is 10.0 Å². The molecule has 0 saturated carbocycles. The van der Waals surface area contributed by atoms with E-state index >= 15 is 0 Å². The van der Waals surface area contributed by atoms with Crippen LogP contribution in [0.2, 0.25) is 0 Å². The van der Waals surface area contributed by atoms with Crippen molar-refractivity contribution in [3.63, 3.8) is 0 Å². The number of nitrogens with zero attached hydrogens (tertiary/aromatic N) is 2. The quantitative estimate of drug-likeness (QED) is 0.829. The minimum absolute atomic E-state index is 0.0230. The van der Waals surface area contributed by atoms with Crippen molar-refractivity contribution in [3.05, 3.63) is 53.6 Å². The molecule has 0 radical (unpaired) electrons. The van der Waals surface area contributed by atoms with Crippen molar-refractivity contribution < 1.29 is 17.5 Å². The standard InChI is InChI=1S/C18H24FN3O3S/c1-14-5-6-15(19)12-18(14)26(23,24)20-13-17(16-4-3-7-21(16)2)22-8-10-25-11-9-22/h3-7,12,17,20H,8-11,13H2,1-2H3. The van der Waals surface area contributed by atoms with E-state index in [0.717, 1.165) is 24.8 Å². The maximum atomic E-state index is 13.5. The van der Waals surface area contributed by atoms with Gasteiger partial charge in [-0.1, -0.05) is 6.07 Å². The summed E-state index contributed by atoms with van der Waals surface area (Å²) in [6, 6.07) is 7.59. The van der Waals surface area contributed by atoms with Gasteiger partial charge in [-0.3, -0.25) is 4.90 Å². The molecule has 1 fully saturated rings. The molecule has 1 aromatic carbocycles. The van der Waals surface area contributed by atoms with Crippen molar-refractivity contribution in [2.75, 3.05) is 32.8 Å². The van der Waals surface area contributed by atoms with Crippen LogP contribution in [0.4, 0.5) is 4.39 Å². The zero-order valence-corrected chi connectivity index (χ0v) is 15.8. The van der Waals surface area contributed by atoms with Crippen molar-refractivity contribution in [3.8, 4) is 0 Å². The van der Waals surface area contributed by atoms with Gasteiger partial charge in [-0.25, -0.2) is 17.5 Å². The van der Waals surface area contributed by atoms with Gasteiger partial charge in [0.05, 0.1) is 24.2 Å². The molecule has 142 valence electrons. The molecule has 1 saturated heterocycles. The van der Waals surface area contributed by atoms with Gasteiger partial charge in [-0.05, 0) is 36.8 Å². The lowest BCUT2D eigenvalue weighted by molar-refractivity contribution is 0.0158. The Bertz CT molecular complexity index is 860. The average Bonchev–Trinajstić information content (AvgIpc) is 3.04. The number of ether oxygens (including phenoxy) is 1. The van der Waals surface area contributed by atoms with E-state index in [4.69, 9.17) is 4.74 Å². The molecule has 0 spiro atoms. The predicted molar refractivity (Wildman–Crippen MR) is 96.9 cm³/mol. The number of rotatable bonds is 6. The fourth-order valence-electron chi connectivity index (χ4n) is 3.26. The molecule has 26 heavy (non-hydrogen) atoms. The summed E-state index contributed by atoms with van der Waals surface area (Å²) in [5.41, 5.74) is 1.53. The number of benzene rings is 1. The molecule has 0 aliphatic carbocycles. The topological polar surface area (TPSA) is 63.6 Å². The highest BCUT2D eigenvalue weighted by molar-refractivity contribution is 7.89. The number of aromatic nitrogens is 1. The summed E-state index contributed by atoms with van der Waals surface area (Å²) in [6.07, 6.45) is 1.94. The second-order valence-corrected chi connectivity index (χ2v) is 8.21. The monoisotopic (exact) mass is 381 g/mol. The van der Waals surface area contributed by atoms with E-state index in [2.05, 4.69) is 9.62 Å². The molecule has 1 aromatic heterocycles. The third-order valence-electron chi connectivity index (χ3n) is 4.72. The van der Waals surface area contributed by atoms with Crippen molar-refractivity contribution >= 4 is 10.0 Å². The van der Waals surface area contributed by atoms with Crippen LogP contribution >= 0.6 is 0 Å². The average molecular weight is 381 g/mol. The zero-order valence-electron chi connectivity index (χ0n) is 15.0. The molecule has 0 amide bonds. The highest BCUT2D eigenvalue weighted by atomic mass is 32.2. The lowest BCUT2D eigenvalue weighted by Crippen LogP contribution is -2.44. The summed E-state index contributed by atoms with van der Waals surface area (Å²) in [6.45, 7) is 4.57. The lowest BCUT2D eigenvalue weighted by Gasteiger charge is -2.35. The molecule has 0 bridgehead atoms. The van der Waals surface area contributed by atoms with Crippen LogP contribution in [0, 0.1) is 12.7 Å². The molecule has 1 atom stereocenters. The molecule has 6 nitrogen and oxygen atoms in total. The van der Waals surface area contributed by atoms with E-state index in [9.17, 15) is 12.8 Å². The first-order chi connectivity index (χ1) is 12.4. The number of hydrogen-bond acceptors (Lipinski definition) is 4. The normalized spacial score (nSPS) is 17.3. The van der Waals surface area contributed by atoms with Gasteiger partial charge >= 0.3 is 0 Å². The summed E-state index contributed by atoms with van der Waals surface area (Å²) in [5, 5.41) is 0. The van der Waals surface area contributed by atoms with E-state index < -0.39 is 15.8 Å². The first-order valence-electron chi connectivity index (χ1n) is 8.57. The van der Waals surface area contributed by atoms with Crippen LogP contribution in [0.15, 0.2) is 41.4 Å². The van der Waals surface area contributed by atoms with Gasteiger partial charge in [0, 0.05) is 38.6 Å². The molecule has 8 heteroatoms. The summed E-state index contributed by atoms with van der Waals surface area (Å²) < 4.78 is 49.0. The summed E-state index contributed by atoms with van der Waals surface area (Å²) in [5.74, 6) is -0.567. The van der Waals surface area contributed by atoms with Crippen LogP contribution in [-0.2, 0) is 21.8 Å². The Kier molecular flexibility index (Phi) is 5.76. The molecule has 2 aromatic rings. The maximum Gasteiger partial charge on any atom is 0.240 e. The molecule has 2 heterocycles. The molecular weight excluding hydrogens is 357 g/mol. The smallest absolute Gasteiger partial charge is 0.240 e. The van der Waals surface area contributed by atoms with Crippen LogP contribution < -0.4 is 4.72 Å². The van der Waals surface area contributed by atoms with Gasteiger partial charge in [0.1, 0.15) is 5.82 Å². The third-order valence-corrected chi connectivity index (χ3v) is 6.28. The summed E-state index contributed by atoms with van der Waals surface area (Å²) in [4.78, 5) is 2.19. The second kappa shape index (κ2) is 7.87. The minimum Gasteiger partial charge on any atom is -0.379 e. The van der Waals surface area contributed by atoms with E-state index in [1.165, 1.54) is 12.1 Å². The summed E-state index contributed by atoms with van der Waals surface area (Å²) in [7, 11) is -1.87. The Morgan fingerprint density at radius 3 is 2.65 bits per heavy atom. The van der Waals surface area contributed by atoms with Crippen LogP contribution in [0.3, 0.4) is 0 Å². The van der Waals surface area contributed by atoms with Crippen molar-refractivity contribution in [2.45, 2.75) is 17.9 Å². The number of nitrogens with one attached hydrogen (secondary N) is 1. The minimum atomic E-state index is -3.81. The molecule has 1 aliphatic heterocycles. The Morgan fingerprint density at radius 2 is 2.00 bits per heavy atom. The highest BCUT2D eigenvalue weighted by Gasteiger charge is 2.27. The third kappa shape index (κ3) is 4.15. The van der Waals surface area contributed by atoms with E-state index in [0.29, 0.717) is 18.8 Å². The first kappa shape index (κ1) is 19.0. The van der Waals surface area contributed by atoms with Gasteiger partial charge in [-0.15, -0.1) is 0 Å². The van der Waals surface area contributed by atoms with Crippen LogP contribution in [-0.4, -0.2) is 50.7 Å². The van der Waals surface area contributed by atoms with Crippen molar-refractivity contribution in [2.24, 2.45) is 7.05 Å². The second-order valence-electron chi connectivity index (χ2n) is 6.47. The SMILES string of the molecule is Cc1ccc(F)cc1S(=O)(=O)NCC(c1cccn1C)N1CCOCC1. The molecule has 1 aliphatic rings. The fourth-order valence-corrected chi connectivity index (χ4v) is 4.55. The van der Waals surface area contributed by atoms with Gasteiger partial charge in [0.25, 0.3) is 0 Å². The van der Waals surface area contributed by atoms with E-state index in [-0.39, 0.29) is 17.5 Å². The number of halogens is 1. The maximum absolute atomic E-state index is 13.5. The van der Waals surface area contributed by atoms with Crippen molar-refractivity contribution in [1.29, 1.82) is 0 Å². The molecular formula is C18H24FN3O3S. The fraction of sp³-hybridized carbons (Fsp3) is 0.444. The molecule has 1 unspecified atom stereocenters. The predicted octanol–water partition coefficient (Wildman–Crippen LogP) is 1.82. The Balaban J connectivity index is 1.83. The Labute approximate surface area is 153 Å². The Hall–Kier alpha value is -1.74. The van der Waals surface area contributed by atoms with Crippen LogP contribution in [0.25, 0.3) is 0 Å². The first-order valence-corrected chi connectivity index (χ1v) is 10.1. The van der Waals surface area contributed by atoms with Crippen LogP contribution in [0.1, 0.15) is 17.3 Å². The Morgan fingerprint density at radius 1 is 1.27 bits per heavy atom. The van der Waals surface area contributed by atoms with Gasteiger partial charge in [0.15, 0.2) is 0 Å². The van der Waals surface area contributed by atoms with Gasteiger partial charge < -0.3 is 9.30 Å². The van der Waals surface area contributed by atoms with Crippen molar-refractivity contribution in [1.82, 2.24) is 14.2 Å². The summed E-state index contributed by atoms with van der Waals surface area (Å²) >= 11 is 0. The number of hydrogen-bond donors (Lipinski definition) is 1. The molecule has 3 rings (SSSR count). The molecule has 1 N–H and O–H groups in total. The zero-order chi connectivity index (χ0) is 18.7. The van der Waals surface area contributed by atoms with Crippen LogP contribution in [0.5, 0.6) is 0 Å². The number of aryl methyl sites for hydroxylation is 2.